The predicted octanol–water partition coefficient (Wildman–Crippen LogP) is 1.75. The Balaban J connectivity index is 2.11. The minimum atomic E-state index is -0.595. The third-order valence-corrected chi connectivity index (χ3v) is 3.11. The number of aryl methyl sites for hydroxylation is 1. The van der Waals surface area contributed by atoms with Crippen molar-refractivity contribution in [3.8, 4) is 0 Å². The standard InChI is InChI=1S/C12H20N2O2/c1-3-14-8-7-13-12(14)10(15)11(16-4-2)9-5-6-9/h7-11,15H,3-6H2,1-2H3. The normalized spacial score (nSPS) is 19.7. The van der Waals surface area contributed by atoms with Gasteiger partial charge in [0, 0.05) is 25.5 Å². The van der Waals surface area contributed by atoms with E-state index in [4.69, 9.17) is 4.74 Å². The van der Waals surface area contributed by atoms with Gasteiger partial charge in [0.15, 0.2) is 0 Å². The molecular formula is C12H20N2O2. The highest BCUT2D eigenvalue weighted by molar-refractivity contribution is 5.02. The molecule has 1 fully saturated rings. The fraction of sp³-hybridized carbons (Fsp3) is 0.750. The lowest BCUT2D eigenvalue weighted by atomic mass is 10.1. The van der Waals surface area contributed by atoms with Crippen molar-refractivity contribution < 1.29 is 9.84 Å². The molecule has 1 N–H and O–H groups in total. The van der Waals surface area contributed by atoms with E-state index in [1.165, 1.54) is 0 Å². The lowest BCUT2D eigenvalue weighted by Gasteiger charge is -2.22. The van der Waals surface area contributed by atoms with Crippen LogP contribution in [-0.2, 0) is 11.3 Å². The van der Waals surface area contributed by atoms with Gasteiger partial charge < -0.3 is 14.4 Å². The van der Waals surface area contributed by atoms with Crippen LogP contribution in [0.15, 0.2) is 12.4 Å². The highest BCUT2D eigenvalue weighted by Gasteiger charge is 2.38. The zero-order chi connectivity index (χ0) is 11.5. The molecule has 0 aromatic carbocycles. The minimum Gasteiger partial charge on any atom is -0.382 e. The Morgan fingerprint density at radius 2 is 2.31 bits per heavy atom. The largest absolute Gasteiger partial charge is 0.382 e. The number of aliphatic hydroxyl groups excluding tert-OH is 1. The molecule has 90 valence electrons. The van der Waals surface area contributed by atoms with Gasteiger partial charge in [-0.25, -0.2) is 4.98 Å². The molecule has 1 aromatic rings. The van der Waals surface area contributed by atoms with E-state index < -0.39 is 6.10 Å². The molecule has 1 heterocycles. The summed E-state index contributed by atoms with van der Waals surface area (Å²) < 4.78 is 7.62. The summed E-state index contributed by atoms with van der Waals surface area (Å²) in [6.07, 6.45) is 5.27. The first-order valence-electron chi connectivity index (χ1n) is 6.08. The minimum absolute atomic E-state index is 0.0855. The zero-order valence-electron chi connectivity index (χ0n) is 9.97. The molecule has 4 nitrogen and oxygen atoms in total. The van der Waals surface area contributed by atoms with Crippen molar-refractivity contribution in [2.45, 2.75) is 45.4 Å². The highest BCUT2D eigenvalue weighted by Crippen LogP contribution is 2.39. The lowest BCUT2D eigenvalue weighted by Crippen LogP contribution is -2.27. The first-order chi connectivity index (χ1) is 7.77. The molecule has 4 heteroatoms. The molecule has 1 saturated carbocycles. The van der Waals surface area contributed by atoms with Gasteiger partial charge in [-0.2, -0.15) is 0 Å². The fourth-order valence-corrected chi connectivity index (χ4v) is 2.10. The Labute approximate surface area is 96.3 Å². The maximum absolute atomic E-state index is 10.3. The zero-order valence-corrected chi connectivity index (χ0v) is 9.97. The van der Waals surface area contributed by atoms with Crippen LogP contribution in [0.25, 0.3) is 0 Å². The Hall–Kier alpha value is -0.870. The number of rotatable bonds is 6. The first kappa shape index (κ1) is 11.6. The summed E-state index contributed by atoms with van der Waals surface area (Å²) in [7, 11) is 0. The van der Waals surface area contributed by atoms with Crippen LogP contribution in [0.4, 0.5) is 0 Å². The maximum atomic E-state index is 10.3. The van der Waals surface area contributed by atoms with Gasteiger partial charge >= 0.3 is 0 Å². The van der Waals surface area contributed by atoms with Gasteiger partial charge in [-0.3, -0.25) is 0 Å². The number of imidazole rings is 1. The topological polar surface area (TPSA) is 47.3 Å². The van der Waals surface area contributed by atoms with Crippen molar-refractivity contribution in [2.24, 2.45) is 5.92 Å². The van der Waals surface area contributed by atoms with Crippen LogP contribution in [-0.4, -0.2) is 27.4 Å². The Kier molecular flexibility index (Phi) is 3.61. The van der Waals surface area contributed by atoms with E-state index >= 15 is 0 Å². The third-order valence-electron chi connectivity index (χ3n) is 3.11. The molecule has 1 aromatic heterocycles. The van der Waals surface area contributed by atoms with Gasteiger partial charge in [-0.05, 0) is 32.6 Å². The molecule has 0 saturated heterocycles. The van der Waals surface area contributed by atoms with E-state index in [-0.39, 0.29) is 6.10 Å². The smallest absolute Gasteiger partial charge is 0.140 e. The summed E-state index contributed by atoms with van der Waals surface area (Å²) in [6, 6.07) is 0. The summed E-state index contributed by atoms with van der Waals surface area (Å²) >= 11 is 0. The number of hydrogen-bond donors (Lipinski definition) is 1. The second-order valence-corrected chi connectivity index (χ2v) is 4.27. The molecule has 2 rings (SSSR count). The maximum Gasteiger partial charge on any atom is 0.140 e. The summed E-state index contributed by atoms with van der Waals surface area (Å²) in [5.41, 5.74) is 0. The molecular weight excluding hydrogens is 204 g/mol. The van der Waals surface area contributed by atoms with E-state index in [9.17, 15) is 5.11 Å². The van der Waals surface area contributed by atoms with Crippen LogP contribution in [0.1, 0.15) is 38.6 Å². The van der Waals surface area contributed by atoms with Crippen molar-refractivity contribution >= 4 is 0 Å². The van der Waals surface area contributed by atoms with Crippen molar-refractivity contribution in [3.05, 3.63) is 18.2 Å². The number of ether oxygens (including phenoxy) is 1. The number of aliphatic hydroxyl groups is 1. The Bertz CT molecular complexity index is 334. The molecule has 0 aliphatic heterocycles. The quantitative estimate of drug-likeness (QED) is 0.800. The summed E-state index contributed by atoms with van der Waals surface area (Å²) in [6.45, 7) is 5.49. The monoisotopic (exact) mass is 224 g/mol. The molecule has 0 amide bonds. The Morgan fingerprint density at radius 3 is 2.88 bits per heavy atom. The van der Waals surface area contributed by atoms with Crippen LogP contribution in [0.5, 0.6) is 0 Å². The summed E-state index contributed by atoms with van der Waals surface area (Å²) in [5.74, 6) is 1.24. The highest BCUT2D eigenvalue weighted by atomic mass is 16.5. The molecule has 0 spiro atoms. The van der Waals surface area contributed by atoms with Crippen molar-refractivity contribution in [2.75, 3.05) is 6.61 Å². The van der Waals surface area contributed by atoms with Gasteiger partial charge in [0.05, 0.1) is 6.10 Å². The molecule has 16 heavy (non-hydrogen) atoms. The SMILES string of the molecule is CCOC(C1CC1)C(O)c1nccn1CC. The summed E-state index contributed by atoms with van der Waals surface area (Å²) in [5, 5.41) is 10.3. The fourth-order valence-electron chi connectivity index (χ4n) is 2.10. The van der Waals surface area contributed by atoms with E-state index in [0.29, 0.717) is 12.5 Å². The molecule has 2 atom stereocenters. The summed E-state index contributed by atoms with van der Waals surface area (Å²) in [4.78, 5) is 4.23. The van der Waals surface area contributed by atoms with Gasteiger partial charge in [0.2, 0.25) is 0 Å². The van der Waals surface area contributed by atoms with Crippen LogP contribution in [0.2, 0.25) is 0 Å². The molecule has 0 radical (unpaired) electrons. The van der Waals surface area contributed by atoms with Crippen LogP contribution in [0, 0.1) is 5.92 Å². The number of nitrogens with zero attached hydrogens (tertiary/aromatic N) is 2. The van der Waals surface area contributed by atoms with Crippen LogP contribution >= 0.6 is 0 Å². The molecule has 2 unspecified atom stereocenters. The second kappa shape index (κ2) is 4.97. The number of aromatic nitrogens is 2. The average molecular weight is 224 g/mol. The third kappa shape index (κ3) is 2.28. The van der Waals surface area contributed by atoms with Gasteiger partial charge in [0.25, 0.3) is 0 Å². The van der Waals surface area contributed by atoms with Crippen molar-refractivity contribution in [1.29, 1.82) is 0 Å². The average Bonchev–Trinajstić information content (AvgIpc) is 3.01. The predicted molar refractivity (Wildman–Crippen MR) is 61.0 cm³/mol. The van der Waals surface area contributed by atoms with E-state index in [0.717, 1.165) is 25.2 Å². The second-order valence-electron chi connectivity index (χ2n) is 4.27. The lowest BCUT2D eigenvalue weighted by molar-refractivity contribution is -0.0509. The van der Waals surface area contributed by atoms with Gasteiger partial charge in [-0.15, -0.1) is 0 Å². The van der Waals surface area contributed by atoms with Crippen LogP contribution < -0.4 is 0 Å². The van der Waals surface area contributed by atoms with Crippen LogP contribution in [0.3, 0.4) is 0 Å². The van der Waals surface area contributed by atoms with Gasteiger partial charge in [0.1, 0.15) is 11.9 Å². The first-order valence-corrected chi connectivity index (χ1v) is 6.08. The molecule has 1 aliphatic rings. The van der Waals surface area contributed by atoms with E-state index in [1.807, 2.05) is 24.6 Å². The van der Waals surface area contributed by atoms with Crippen molar-refractivity contribution in [3.63, 3.8) is 0 Å². The van der Waals surface area contributed by atoms with Crippen molar-refractivity contribution in [1.82, 2.24) is 9.55 Å². The molecule has 0 bridgehead atoms. The van der Waals surface area contributed by atoms with E-state index in [2.05, 4.69) is 4.98 Å². The Morgan fingerprint density at radius 1 is 1.56 bits per heavy atom. The van der Waals surface area contributed by atoms with Gasteiger partial charge in [-0.1, -0.05) is 0 Å². The van der Waals surface area contributed by atoms with E-state index in [1.54, 1.807) is 6.20 Å². The molecule has 1 aliphatic carbocycles. The number of hydrogen-bond acceptors (Lipinski definition) is 3.